The first-order valence-corrected chi connectivity index (χ1v) is 6.55. The van der Waals surface area contributed by atoms with E-state index in [0.29, 0.717) is 18.8 Å². The molecule has 1 saturated carbocycles. The minimum absolute atomic E-state index is 0.00682. The highest BCUT2D eigenvalue weighted by Gasteiger charge is 2.33. The van der Waals surface area contributed by atoms with Gasteiger partial charge in [-0.15, -0.1) is 0 Å². The van der Waals surface area contributed by atoms with E-state index in [2.05, 4.69) is 12.2 Å². The molecule has 0 bridgehead atoms. The Bertz CT molecular complexity index is 300. The van der Waals surface area contributed by atoms with E-state index in [0.717, 1.165) is 19.3 Å². The molecule has 0 heterocycles. The highest BCUT2D eigenvalue weighted by atomic mass is 19.4. The van der Waals surface area contributed by atoms with Crippen LogP contribution in [0.5, 0.6) is 0 Å². The maximum absolute atomic E-state index is 11.9. The summed E-state index contributed by atoms with van der Waals surface area (Å²) in [5.74, 6) is 0.597. The molecule has 1 fully saturated rings. The molecule has 2 amide bonds. The number of hydrogen-bond donors (Lipinski definition) is 3. The number of alkyl halides is 3. The summed E-state index contributed by atoms with van der Waals surface area (Å²) in [5, 5.41) is 14.2. The van der Waals surface area contributed by atoms with Gasteiger partial charge in [-0.2, -0.15) is 13.2 Å². The lowest BCUT2D eigenvalue weighted by molar-refractivity contribution is -0.122. The van der Waals surface area contributed by atoms with Gasteiger partial charge in [-0.25, -0.2) is 4.79 Å². The van der Waals surface area contributed by atoms with Crippen LogP contribution in [0.1, 0.15) is 39.0 Å². The maximum Gasteiger partial charge on any atom is 0.405 e. The summed E-state index contributed by atoms with van der Waals surface area (Å²) >= 11 is 0. The molecule has 0 radical (unpaired) electrons. The van der Waals surface area contributed by atoms with Crippen molar-refractivity contribution in [2.24, 2.45) is 5.92 Å². The molecule has 1 aliphatic carbocycles. The third kappa shape index (κ3) is 6.13. The Labute approximate surface area is 110 Å². The van der Waals surface area contributed by atoms with Crippen LogP contribution in [0.3, 0.4) is 0 Å². The Morgan fingerprint density at radius 1 is 1.32 bits per heavy atom. The zero-order valence-electron chi connectivity index (χ0n) is 11.0. The van der Waals surface area contributed by atoms with Gasteiger partial charge in [0.25, 0.3) is 0 Å². The zero-order chi connectivity index (χ0) is 14.5. The van der Waals surface area contributed by atoms with Gasteiger partial charge in [-0.1, -0.05) is 13.3 Å². The molecule has 19 heavy (non-hydrogen) atoms. The Balaban J connectivity index is 2.26. The quantitative estimate of drug-likeness (QED) is 0.740. The number of urea groups is 1. The molecule has 0 aliphatic heterocycles. The summed E-state index contributed by atoms with van der Waals surface area (Å²) in [5.41, 5.74) is -0.985. The SMILES string of the molecule is CCC1CCC(O)(CNC(=O)NCC(F)(F)F)CC1. The molecule has 0 aromatic carbocycles. The summed E-state index contributed by atoms with van der Waals surface area (Å²) < 4.78 is 35.6. The van der Waals surface area contributed by atoms with E-state index >= 15 is 0 Å². The molecule has 0 spiro atoms. The maximum atomic E-state index is 11.9. The van der Waals surface area contributed by atoms with Crippen LogP contribution >= 0.6 is 0 Å². The van der Waals surface area contributed by atoms with Crippen LogP contribution in [0, 0.1) is 5.92 Å². The summed E-state index contributed by atoms with van der Waals surface area (Å²) in [6.07, 6.45) is -0.434. The number of halogens is 3. The van der Waals surface area contributed by atoms with Crippen molar-refractivity contribution >= 4 is 6.03 Å². The molecule has 0 aromatic rings. The second-order valence-corrected chi connectivity index (χ2v) is 5.23. The van der Waals surface area contributed by atoms with Crippen molar-refractivity contribution in [1.82, 2.24) is 10.6 Å². The topological polar surface area (TPSA) is 61.4 Å². The number of carbonyl (C=O) groups excluding carboxylic acids is 1. The number of hydrogen-bond acceptors (Lipinski definition) is 2. The van der Waals surface area contributed by atoms with Crippen LogP contribution in [0.4, 0.5) is 18.0 Å². The van der Waals surface area contributed by atoms with Gasteiger partial charge >= 0.3 is 12.2 Å². The van der Waals surface area contributed by atoms with Gasteiger partial charge in [0.05, 0.1) is 5.60 Å². The lowest BCUT2D eigenvalue weighted by atomic mass is 9.78. The number of rotatable bonds is 4. The van der Waals surface area contributed by atoms with Gasteiger partial charge in [-0.05, 0) is 31.6 Å². The van der Waals surface area contributed by atoms with Gasteiger partial charge in [-0.3, -0.25) is 0 Å². The van der Waals surface area contributed by atoms with E-state index in [-0.39, 0.29) is 6.54 Å². The fourth-order valence-electron chi connectivity index (χ4n) is 2.29. The molecule has 1 aliphatic rings. The molecular weight excluding hydrogens is 261 g/mol. The molecule has 1 rings (SSSR count). The Kier molecular flexibility index (Phi) is 5.46. The van der Waals surface area contributed by atoms with Gasteiger partial charge in [0.1, 0.15) is 6.54 Å². The monoisotopic (exact) mass is 282 g/mol. The minimum Gasteiger partial charge on any atom is -0.388 e. The Hall–Kier alpha value is -0.980. The normalized spacial score (nSPS) is 27.9. The van der Waals surface area contributed by atoms with Crippen molar-refractivity contribution < 1.29 is 23.1 Å². The summed E-state index contributed by atoms with van der Waals surface area (Å²) in [7, 11) is 0. The van der Waals surface area contributed by atoms with Crippen LogP contribution in [-0.4, -0.2) is 36.0 Å². The minimum atomic E-state index is -4.42. The van der Waals surface area contributed by atoms with Gasteiger partial charge in [0, 0.05) is 6.54 Å². The van der Waals surface area contributed by atoms with Crippen LogP contribution in [0.15, 0.2) is 0 Å². The van der Waals surface area contributed by atoms with Crippen molar-refractivity contribution in [2.45, 2.75) is 50.8 Å². The number of nitrogens with one attached hydrogen (secondary N) is 2. The van der Waals surface area contributed by atoms with Gasteiger partial charge in [0.15, 0.2) is 0 Å². The average molecular weight is 282 g/mol. The van der Waals surface area contributed by atoms with E-state index in [4.69, 9.17) is 0 Å². The summed E-state index contributed by atoms with van der Waals surface area (Å²) in [6, 6.07) is -0.900. The third-order valence-corrected chi connectivity index (χ3v) is 3.64. The van der Waals surface area contributed by atoms with Crippen molar-refractivity contribution in [3.63, 3.8) is 0 Å². The second kappa shape index (κ2) is 6.45. The van der Waals surface area contributed by atoms with Crippen molar-refractivity contribution in [2.75, 3.05) is 13.1 Å². The van der Waals surface area contributed by atoms with Crippen molar-refractivity contribution in [1.29, 1.82) is 0 Å². The fraction of sp³-hybridized carbons (Fsp3) is 0.917. The van der Waals surface area contributed by atoms with Crippen molar-refractivity contribution in [3.05, 3.63) is 0 Å². The lowest BCUT2D eigenvalue weighted by Crippen LogP contribution is -2.49. The van der Waals surface area contributed by atoms with E-state index in [1.165, 1.54) is 0 Å². The molecule has 0 unspecified atom stereocenters. The third-order valence-electron chi connectivity index (χ3n) is 3.64. The predicted molar refractivity (Wildman–Crippen MR) is 64.7 cm³/mol. The molecule has 0 atom stereocenters. The second-order valence-electron chi connectivity index (χ2n) is 5.23. The van der Waals surface area contributed by atoms with Gasteiger partial charge in [0.2, 0.25) is 0 Å². The number of carbonyl (C=O) groups is 1. The highest BCUT2D eigenvalue weighted by molar-refractivity contribution is 5.73. The standard InChI is InChI=1S/C12H21F3N2O2/c1-2-9-3-5-11(19,6-4-9)7-16-10(18)17-8-12(13,14)15/h9,19H,2-8H2,1H3,(H2,16,17,18). The van der Waals surface area contributed by atoms with E-state index in [9.17, 15) is 23.1 Å². The molecule has 112 valence electrons. The molecule has 0 saturated heterocycles. The first-order chi connectivity index (χ1) is 8.74. The molecule has 4 nitrogen and oxygen atoms in total. The zero-order valence-corrected chi connectivity index (χ0v) is 11.0. The number of amides is 2. The first kappa shape index (κ1) is 16.1. The van der Waals surface area contributed by atoms with Crippen molar-refractivity contribution in [3.8, 4) is 0 Å². The van der Waals surface area contributed by atoms with Crippen LogP contribution in [0.25, 0.3) is 0 Å². The summed E-state index contributed by atoms with van der Waals surface area (Å²) in [6.45, 7) is 0.722. The number of aliphatic hydroxyl groups is 1. The van der Waals surface area contributed by atoms with E-state index in [1.807, 2.05) is 0 Å². The molecule has 7 heteroatoms. The average Bonchev–Trinajstić information content (AvgIpc) is 2.34. The highest BCUT2D eigenvalue weighted by Crippen LogP contribution is 2.33. The van der Waals surface area contributed by atoms with Crippen LogP contribution in [-0.2, 0) is 0 Å². The largest absolute Gasteiger partial charge is 0.405 e. The molecular formula is C12H21F3N2O2. The predicted octanol–water partition coefficient (Wildman–Crippen LogP) is 2.18. The van der Waals surface area contributed by atoms with E-state index < -0.39 is 24.4 Å². The molecule has 3 N–H and O–H groups in total. The van der Waals surface area contributed by atoms with Gasteiger partial charge < -0.3 is 15.7 Å². The van der Waals surface area contributed by atoms with Crippen LogP contribution < -0.4 is 10.6 Å². The van der Waals surface area contributed by atoms with Crippen LogP contribution in [0.2, 0.25) is 0 Å². The Morgan fingerprint density at radius 2 is 1.89 bits per heavy atom. The first-order valence-electron chi connectivity index (χ1n) is 6.55. The fourth-order valence-corrected chi connectivity index (χ4v) is 2.29. The Morgan fingerprint density at radius 3 is 2.37 bits per heavy atom. The molecule has 0 aromatic heterocycles. The smallest absolute Gasteiger partial charge is 0.388 e. The summed E-state index contributed by atoms with van der Waals surface area (Å²) in [4.78, 5) is 11.2. The van der Waals surface area contributed by atoms with E-state index in [1.54, 1.807) is 5.32 Å². The lowest BCUT2D eigenvalue weighted by Gasteiger charge is -2.35.